The van der Waals surface area contributed by atoms with E-state index >= 15 is 0 Å². The van der Waals surface area contributed by atoms with Crippen molar-refractivity contribution in [2.24, 2.45) is 0 Å². The number of carboxylic acids is 1. The van der Waals surface area contributed by atoms with Crippen molar-refractivity contribution in [2.75, 3.05) is 0 Å². The molecule has 2 rings (SSSR count). The summed E-state index contributed by atoms with van der Waals surface area (Å²) in [5.41, 5.74) is 3.38. The van der Waals surface area contributed by atoms with Gasteiger partial charge in [-0.1, -0.05) is 36.8 Å². The van der Waals surface area contributed by atoms with Crippen LogP contribution >= 0.6 is 0 Å². The van der Waals surface area contributed by atoms with Crippen LogP contribution in [0.15, 0.2) is 30.5 Å². The monoisotopic (exact) mass is 244 g/mol. The molecule has 18 heavy (non-hydrogen) atoms. The predicted octanol–water partition coefficient (Wildman–Crippen LogP) is 2.50. The molecule has 1 N–H and O–H groups in total. The van der Waals surface area contributed by atoms with E-state index in [0.29, 0.717) is 18.5 Å². The number of aromatic nitrogens is 2. The van der Waals surface area contributed by atoms with Gasteiger partial charge >= 0.3 is 5.97 Å². The summed E-state index contributed by atoms with van der Waals surface area (Å²) in [6, 6.07) is 8.14. The fraction of sp³-hybridized carbons (Fsp3) is 0.286. The quantitative estimate of drug-likeness (QED) is 0.899. The van der Waals surface area contributed by atoms with Crippen LogP contribution in [0.4, 0.5) is 0 Å². The molecule has 0 saturated heterocycles. The van der Waals surface area contributed by atoms with Gasteiger partial charge in [-0.25, -0.2) is 4.79 Å². The highest BCUT2D eigenvalue weighted by Gasteiger charge is 2.14. The summed E-state index contributed by atoms with van der Waals surface area (Å²) < 4.78 is 1.76. The number of hydrogen-bond donors (Lipinski definition) is 1. The van der Waals surface area contributed by atoms with E-state index in [-0.39, 0.29) is 0 Å². The lowest BCUT2D eigenvalue weighted by molar-refractivity contribution is 0.0695. The molecule has 0 spiro atoms. The second-order valence-electron chi connectivity index (χ2n) is 4.31. The zero-order chi connectivity index (χ0) is 13.1. The van der Waals surface area contributed by atoms with Crippen LogP contribution in [0.2, 0.25) is 0 Å². The number of carbonyl (C=O) groups is 1. The maximum absolute atomic E-state index is 11.0. The van der Waals surface area contributed by atoms with Gasteiger partial charge in [-0.15, -0.1) is 0 Å². The minimum absolute atomic E-state index is 0.296. The molecule has 0 unspecified atom stereocenters. The van der Waals surface area contributed by atoms with E-state index in [4.69, 9.17) is 5.11 Å². The predicted molar refractivity (Wildman–Crippen MR) is 68.8 cm³/mol. The molecule has 2 aromatic rings. The van der Waals surface area contributed by atoms with Crippen molar-refractivity contribution >= 4 is 5.97 Å². The SMILES string of the molecule is CCc1c(C(=O)O)cnn1Cc1cccc(C)c1. The molecule has 4 nitrogen and oxygen atoms in total. The Labute approximate surface area is 106 Å². The lowest BCUT2D eigenvalue weighted by atomic mass is 10.1. The van der Waals surface area contributed by atoms with Gasteiger partial charge in [-0.3, -0.25) is 4.68 Å². The third-order valence-electron chi connectivity index (χ3n) is 2.93. The average molecular weight is 244 g/mol. The molecule has 0 atom stereocenters. The molecule has 1 aromatic carbocycles. The standard InChI is InChI=1S/C14H16N2O2/c1-3-13-12(14(17)18)8-15-16(13)9-11-6-4-5-10(2)7-11/h4-8H,3,9H2,1-2H3,(H,17,18). The highest BCUT2D eigenvalue weighted by Crippen LogP contribution is 2.13. The van der Waals surface area contributed by atoms with Crippen LogP contribution < -0.4 is 0 Å². The molecule has 0 fully saturated rings. The number of rotatable bonds is 4. The lowest BCUT2D eigenvalue weighted by Crippen LogP contribution is -2.08. The first-order valence-corrected chi connectivity index (χ1v) is 5.95. The van der Waals surface area contributed by atoms with E-state index in [0.717, 1.165) is 11.3 Å². The van der Waals surface area contributed by atoms with Gasteiger partial charge in [0.15, 0.2) is 0 Å². The topological polar surface area (TPSA) is 55.1 Å². The van der Waals surface area contributed by atoms with Crippen LogP contribution in [-0.2, 0) is 13.0 Å². The molecule has 0 aliphatic carbocycles. The van der Waals surface area contributed by atoms with Crippen molar-refractivity contribution in [3.8, 4) is 0 Å². The average Bonchev–Trinajstić information content (AvgIpc) is 2.72. The molecule has 0 amide bonds. The molecule has 1 aromatic heterocycles. The third kappa shape index (κ3) is 2.42. The Morgan fingerprint density at radius 2 is 2.22 bits per heavy atom. The van der Waals surface area contributed by atoms with Gasteiger partial charge in [0.1, 0.15) is 5.56 Å². The summed E-state index contributed by atoms with van der Waals surface area (Å²) >= 11 is 0. The summed E-state index contributed by atoms with van der Waals surface area (Å²) in [7, 11) is 0. The summed E-state index contributed by atoms with van der Waals surface area (Å²) in [5, 5.41) is 13.2. The van der Waals surface area contributed by atoms with E-state index in [1.807, 2.05) is 32.0 Å². The highest BCUT2D eigenvalue weighted by molar-refractivity contribution is 5.88. The Bertz CT molecular complexity index is 573. The molecular formula is C14H16N2O2. The fourth-order valence-corrected chi connectivity index (χ4v) is 2.08. The van der Waals surface area contributed by atoms with Crippen LogP contribution in [0.5, 0.6) is 0 Å². The first-order valence-electron chi connectivity index (χ1n) is 5.95. The Hall–Kier alpha value is -2.10. The molecule has 0 saturated carbocycles. The minimum atomic E-state index is -0.914. The number of aryl methyl sites for hydroxylation is 1. The van der Waals surface area contributed by atoms with Gasteiger partial charge in [0.25, 0.3) is 0 Å². The molecule has 0 radical (unpaired) electrons. The minimum Gasteiger partial charge on any atom is -0.478 e. The first kappa shape index (κ1) is 12.4. The zero-order valence-electron chi connectivity index (χ0n) is 10.6. The summed E-state index contributed by atoms with van der Waals surface area (Å²) in [5.74, 6) is -0.914. The smallest absolute Gasteiger partial charge is 0.339 e. The Morgan fingerprint density at radius 1 is 1.44 bits per heavy atom. The van der Waals surface area contributed by atoms with Crippen LogP contribution in [0.3, 0.4) is 0 Å². The molecule has 4 heteroatoms. The van der Waals surface area contributed by atoms with Gasteiger partial charge in [-0.2, -0.15) is 5.10 Å². The van der Waals surface area contributed by atoms with Crippen molar-refractivity contribution in [1.82, 2.24) is 9.78 Å². The van der Waals surface area contributed by atoms with E-state index in [2.05, 4.69) is 11.2 Å². The van der Waals surface area contributed by atoms with Gasteiger partial charge in [-0.05, 0) is 18.9 Å². The first-order chi connectivity index (χ1) is 8.61. The van der Waals surface area contributed by atoms with Crippen LogP contribution in [0.25, 0.3) is 0 Å². The van der Waals surface area contributed by atoms with Crippen LogP contribution in [0.1, 0.15) is 34.1 Å². The van der Waals surface area contributed by atoms with Gasteiger partial charge in [0.2, 0.25) is 0 Å². The van der Waals surface area contributed by atoms with Gasteiger partial charge in [0.05, 0.1) is 18.4 Å². The zero-order valence-corrected chi connectivity index (χ0v) is 10.6. The maximum atomic E-state index is 11.0. The molecule has 94 valence electrons. The van der Waals surface area contributed by atoms with Crippen molar-refractivity contribution < 1.29 is 9.90 Å². The number of aromatic carboxylic acids is 1. The molecular weight excluding hydrogens is 228 g/mol. The van der Waals surface area contributed by atoms with Gasteiger partial charge in [0, 0.05) is 0 Å². The molecule has 0 aliphatic rings. The second kappa shape index (κ2) is 5.04. The van der Waals surface area contributed by atoms with Crippen LogP contribution in [0, 0.1) is 6.92 Å². The van der Waals surface area contributed by atoms with E-state index < -0.39 is 5.97 Å². The van der Waals surface area contributed by atoms with Crippen molar-refractivity contribution in [3.05, 3.63) is 52.8 Å². The number of hydrogen-bond acceptors (Lipinski definition) is 2. The second-order valence-corrected chi connectivity index (χ2v) is 4.31. The summed E-state index contributed by atoms with van der Waals surface area (Å²) in [4.78, 5) is 11.0. The van der Waals surface area contributed by atoms with Crippen molar-refractivity contribution in [2.45, 2.75) is 26.8 Å². The molecule has 0 bridgehead atoms. The third-order valence-corrected chi connectivity index (χ3v) is 2.93. The van der Waals surface area contributed by atoms with Crippen molar-refractivity contribution in [1.29, 1.82) is 0 Å². The Morgan fingerprint density at radius 3 is 2.83 bits per heavy atom. The van der Waals surface area contributed by atoms with Gasteiger partial charge < -0.3 is 5.11 Å². The number of nitrogens with zero attached hydrogens (tertiary/aromatic N) is 2. The highest BCUT2D eigenvalue weighted by atomic mass is 16.4. The van der Waals surface area contributed by atoms with E-state index in [9.17, 15) is 4.79 Å². The fourth-order valence-electron chi connectivity index (χ4n) is 2.08. The largest absolute Gasteiger partial charge is 0.478 e. The lowest BCUT2D eigenvalue weighted by Gasteiger charge is -2.07. The number of benzene rings is 1. The van der Waals surface area contributed by atoms with E-state index in [1.54, 1.807) is 4.68 Å². The van der Waals surface area contributed by atoms with Crippen molar-refractivity contribution in [3.63, 3.8) is 0 Å². The summed E-state index contributed by atoms with van der Waals surface area (Å²) in [6.07, 6.45) is 2.09. The molecule has 1 heterocycles. The Balaban J connectivity index is 2.32. The molecule has 0 aliphatic heterocycles. The van der Waals surface area contributed by atoms with Crippen LogP contribution in [-0.4, -0.2) is 20.9 Å². The summed E-state index contributed by atoms with van der Waals surface area (Å²) in [6.45, 7) is 4.59. The Kier molecular flexibility index (Phi) is 3.46. The van der Waals surface area contributed by atoms with E-state index in [1.165, 1.54) is 11.8 Å². The normalized spacial score (nSPS) is 10.6. The maximum Gasteiger partial charge on any atom is 0.339 e. The number of carboxylic acid groups (broad SMARTS) is 1.